The fraction of sp³-hybridized carbons (Fsp3) is 0.562. The van der Waals surface area contributed by atoms with Gasteiger partial charge in [0.1, 0.15) is 0 Å². The summed E-state index contributed by atoms with van der Waals surface area (Å²) in [5, 5.41) is 3.07. The van der Waals surface area contributed by atoms with Crippen molar-refractivity contribution in [2.45, 2.75) is 58.0 Å². The SMILES string of the molecule is CCC(N)CC(=O)NC(C)(C)CCc1ccccc1. The van der Waals surface area contributed by atoms with E-state index in [0.717, 1.165) is 19.3 Å². The lowest BCUT2D eigenvalue weighted by molar-refractivity contribution is -0.123. The van der Waals surface area contributed by atoms with Crippen LogP contribution in [0.5, 0.6) is 0 Å². The van der Waals surface area contributed by atoms with Crippen LogP contribution in [0.3, 0.4) is 0 Å². The van der Waals surface area contributed by atoms with Crippen molar-refractivity contribution in [3.63, 3.8) is 0 Å². The van der Waals surface area contributed by atoms with Crippen molar-refractivity contribution in [2.24, 2.45) is 5.73 Å². The molecule has 1 rings (SSSR count). The Bertz CT molecular complexity index is 387. The van der Waals surface area contributed by atoms with Gasteiger partial charge >= 0.3 is 0 Å². The van der Waals surface area contributed by atoms with E-state index < -0.39 is 0 Å². The lowest BCUT2D eigenvalue weighted by Crippen LogP contribution is -2.45. The lowest BCUT2D eigenvalue weighted by atomic mass is 9.95. The van der Waals surface area contributed by atoms with Gasteiger partial charge in [0.05, 0.1) is 0 Å². The average molecular weight is 262 g/mol. The maximum atomic E-state index is 11.8. The van der Waals surface area contributed by atoms with E-state index in [-0.39, 0.29) is 17.5 Å². The second-order valence-corrected chi connectivity index (χ2v) is 5.79. The topological polar surface area (TPSA) is 55.1 Å². The van der Waals surface area contributed by atoms with Gasteiger partial charge in [-0.25, -0.2) is 0 Å². The molecule has 1 aromatic rings. The second kappa shape index (κ2) is 7.29. The highest BCUT2D eigenvalue weighted by Crippen LogP contribution is 2.14. The highest BCUT2D eigenvalue weighted by Gasteiger charge is 2.20. The molecule has 0 radical (unpaired) electrons. The summed E-state index contributed by atoms with van der Waals surface area (Å²) in [6.07, 6.45) is 3.13. The van der Waals surface area contributed by atoms with Crippen LogP contribution in [0.4, 0.5) is 0 Å². The van der Waals surface area contributed by atoms with Gasteiger partial charge in [-0.2, -0.15) is 0 Å². The van der Waals surface area contributed by atoms with Crippen LogP contribution in [0, 0.1) is 0 Å². The van der Waals surface area contributed by atoms with E-state index in [9.17, 15) is 4.79 Å². The van der Waals surface area contributed by atoms with E-state index in [1.54, 1.807) is 0 Å². The minimum Gasteiger partial charge on any atom is -0.351 e. The van der Waals surface area contributed by atoms with Crippen LogP contribution in [-0.4, -0.2) is 17.5 Å². The summed E-state index contributed by atoms with van der Waals surface area (Å²) < 4.78 is 0. The van der Waals surface area contributed by atoms with Crippen LogP contribution < -0.4 is 11.1 Å². The van der Waals surface area contributed by atoms with Gasteiger partial charge in [-0.3, -0.25) is 4.79 Å². The van der Waals surface area contributed by atoms with Crippen LogP contribution in [0.2, 0.25) is 0 Å². The van der Waals surface area contributed by atoms with Gasteiger partial charge in [0.2, 0.25) is 5.91 Å². The molecule has 0 heterocycles. The number of rotatable bonds is 7. The molecule has 0 saturated carbocycles. The number of carbonyl (C=O) groups is 1. The van der Waals surface area contributed by atoms with Gasteiger partial charge in [0.15, 0.2) is 0 Å². The summed E-state index contributed by atoms with van der Waals surface area (Å²) in [5.74, 6) is 0.0485. The minimum absolute atomic E-state index is 0.0371. The zero-order chi connectivity index (χ0) is 14.3. The highest BCUT2D eigenvalue weighted by atomic mass is 16.1. The largest absolute Gasteiger partial charge is 0.351 e. The van der Waals surface area contributed by atoms with E-state index in [1.807, 2.05) is 25.1 Å². The second-order valence-electron chi connectivity index (χ2n) is 5.79. The molecule has 1 aromatic carbocycles. The highest BCUT2D eigenvalue weighted by molar-refractivity contribution is 5.77. The van der Waals surface area contributed by atoms with E-state index >= 15 is 0 Å². The predicted octanol–water partition coefficient (Wildman–Crippen LogP) is 2.64. The van der Waals surface area contributed by atoms with E-state index in [4.69, 9.17) is 5.73 Å². The Balaban J connectivity index is 2.41. The molecule has 0 fully saturated rings. The van der Waals surface area contributed by atoms with Gasteiger partial charge in [0.25, 0.3) is 0 Å². The van der Waals surface area contributed by atoms with Gasteiger partial charge in [-0.15, -0.1) is 0 Å². The monoisotopic (exact) mass is 262 g/mol. The smallest absolute Gasteiger partial charge is 0.221 e. The van der Waals surface area contributed by atoms with Crippen LogP contribution in [0.25, 0.3) is 0 Å². The number of benzene rings is 1. The molecule has 0 aliphatic heterocycles. The molecule has 1 amide bonds. The first-order valence-corrected chi connectivity index (χ1v) is 7.03. The van der Waals surface area contributed by atoms with Crippen molar-refractivity contribution in [3.05, 3.63) is 35.9 Å². The Kier molecular flexibility index (Phi) is 6.03. The molecular weight excluding hydrogens is 236 g/mol. The van der Waals surface area contributed by atoms with E-state index in [0.29, 0.717) is 6.42 Å². The molecule has 1 atom stereocenters. The number of nitrogens with two attached hydrogens (primary N) is 1. The summed E-state index contributed by atoms with van der Waals surface area (Å²) >= 11 is 0. The summed E-state index contributed by atoms with van der Waals surface area (Å²) in [5.41, 5.74) is 6.90. The zero-order valence-electron chi connectivity index (χ0n) is 12.3. The maximum absolute atomic E-state index is 11.8. The first kappa shape index (κ1) is 15.7. The molecule has 0 aliphatic carbocycles. The molecule has 106 valence electrons. The number of nitrogens with one attached hydrogen (secondary N) is 1. The van der Waals surface area contributed by atoms with E-state index in [1.165, 1.54) is 5.56 Å². The number of hydrogen-bond acceptors (Lipinski definition) is 2. The maximum Gasteiger partial charge on any atom is 0.221 e. The molecule has 3 N–H and O–H groups in total. The van der Waals surface area contributed by atoms with Gasteiger partial charge in [0, 0.05) is 18.0 Å². The van der Waals surface area contributed by atoms with Crippen molar-refractivity contribution < 1.29 is 4.79 Å². The zero-order valence-corrected chi connectivity index (χ0v) is 12.3. The normalized spacial score (nSPS) is 13.1. The number of amides is 1. The van der Waals surface area contributed by atoms with Crippen LogP contribution in [0.15, 0.2) is 30.3 Å². The van der Waals surface area contributed by atoms with Gasteiger partial charge < -0.3 is 11.1 Å². The Hall–Kier alpha value is -1.35. The Labute approximate surface area is 116 Å². The molecule has 3 heteroatoms. The molecule has 0 aromatic heterocycles. The standard InChI is InChI=1S/C16H26N2O/c1-4-14(17)12-15(19)18-16(2,3)11-10-13-8-6-5-7-9-13/h5-9,14H,4,10-12,17H2,1-3H3,(H,18,19). The lowest BCUT2D eigenvalue weighted by Gasteiger charge is -2.27. The third-order valence-corrected chi connectivity index (χ3v) is 3.33. The van der Waals surface area contributed by atoms with Crippen LogP contribution in [0.1, 0.15) is 45.6 Å². The van der Waals surface area contributed by atoms with Crippen molar-refractivity contribution in [1.29, 1.82) is 0 Å². The average Bonchev–Trinajstić information content (AvgIpc) is 2.37. The molecule has 0 saturated heterocycles. The molecular formula is C16H26N2O. The quantitative estimate of drug-likeness (QED) is 0.793. The van der Waals surface area contributed by atoms with Crippen molar-refractivity contribution >= 4 is 5.91 Å². The summed E-state index contributed by atoms with van der Waals surface area (Å²) in [4.78, 5) is 11.8. The molecule has 0 bridgehead atoms. The summed E-state index contributed by atoms with van der Waals surface area (Å²) in [7, 11) is 0. The van der Waals surface area contributed by atoms with Gasteiger partial charge in [-0.1, -0.05) is 37.3 Å². The Morgan fingerprint density at radius 2 is 1.95 bits per heavy atom. The fourth-order valence-electron chi connectivity index (χ4n) is 1.97. The number of aryl methyl sites for hydroxylation is 1. The molecule has 19 heavy (non-hydrogen) atoms. The number of hydrogen-bond donors (Lipinski definition) is 2. The molecule has 1 unspecified atom stereocenters. The molecule has 0 aliphatic rings. The van der Waals surface area contributed by atoms with Gasteiger partial charge in [-0.05, 0) is 38.7 Å². The third kappa shape index (κ3) is 6.39. The minimum atomic E-state index is -0.194. The fourth-order valence-corrected chi connectivity index (χ4v) is 1.97. The third-order valence-electron chi connectivity index (χ3n) is 3.33. The van der Waals surface area contributed by atoms with Crippen molar-refractivity contribution in [3.8, 4) is 0 Å². The number of carbonyl (C=O) groups excluding carboxylic acids is 1. The van der Waals surface area contributed by atoms with Crippen LogP contribution in [-0.2, 0) is 11.2 Å². The first-order valence-electron chi connectivity index (χ1n) is 7.03. The predicted molar refractivity (Wildman–Crippen MR) is 79.9 cm³/mol. The van der Waals surface area contributed by atoms with Crippen molar-refractivity contribution in [1.82, 2.24) is 5.32 Å². The first-order chi connectivity index (χ1) is 8.93. The summed E-state index contributed by atoms with van der Waals surface area (Å²) in [6.45, 7) is 6.12. The Morgan fingerprint density at radius 1 is 1.32 bits per heavy atom. The molecule has 3 nitrogen and oxygen atoms in total. The Morgan fingerprint density at radius 3 is 2.53 bits per heavy atom. The van der Waals surface area contributed by atoms with Crippen molar-refractivity contribution in [2.75, 3.05) is 0 Å². The molecule has 0 spiro atoms. The van der Waals surface area contributed by atoms with E-state index in [2.05, 4.69) is 31.3 Å². The summed E-state index contributed by atoms with van der Waals surface area (Å²) in [6, 6.07) is 10.3. The van der Waals surface area contributed by atoms with Crippen LogP contribution >= 0.6 is 0 Å².